The Morgan fingerprint density at radius 1 is 1.36 bits per heavy atom. The van der Waals surface area contributed by atoms with Crippen molar-refractivity contribution >= 4 is 22.4 Å². The molecule has 2 amide bonds. The molecule has 3 rings (SSSR count). The first kappa shape index (κ1) is 14.8. The van der Waals surface area contributed by atoms with Crippen molar-refractivity contribution < 1.29 is 4.79 Å². The zero-order valence-electron chi connectivity index (χ0n) is 12.6. The molecule has 1 aliphatic heterocycles. The summed E-state index contributed by atoms with van der Waals surface area (Å²) in [6.07, 6.45) is 0. The number of nitrogens with one attached hydrogen (secondary N) is 1. The molecule has 1 aliphatic rings. The van der Waals surface area contributed by atoms with Crippen LogP contribution in [0.2, 0.25) is 0 Å². The lowest BCUT2D eigenvalue weighted by molar-refractivity contribution is 0.190. The number of carbonyl (C=O) groups excluding carboxylic acids is 1. The van der Waals surface area contributed by atoms with E-state index in [1.807, 2.05) is 11.8 Å². The predicted molar refractivity (Wildman–Crippen MR) is 83.8 cm³/mol. The molecule has 118 valence electrons. The number of carbonyl (C=O) groups is 1. The highest BCUT2D eigenvalue weighted by atomic mass is 32.1. The van der Waals surface area contributed by atoms with Gasteiger partial charge in [0.15, 0.2) is 5.82 Å². The number of urea groups is 1. The topological polar surface area (TPSA) is 79.2 Å². The average molecular weight is 321 g/mol. The molecule has 0 aromatic carbocycles. The molecule has 0 aliphatic carbocycles. The molecule has 0 radical (unpaired) electrons. The summed E-state index contributed by atoms with van der Waals surface area (Å²) in [5.41, 5.74) is 0. The summed E-state index contributed by atoms with van der Waals surface area (Å²) >= 11 is 1.73. The molecule has 22 heavy (non-hydrogen) atoms. The van der Waals surface area contributed by atoms with Crippen LogP contribution >= 0.6 is 11.3 Å². The van der Waals surface area contributed by atoms with Gasteiger partial charge < -0.3 is 15.1 Å². The van der Waals surface area contributed by atoms with Crippen LogP contribution in [0, 0.1) is 0 Å². The standard InChI is InChI=1S/C13H19N7OS/c1-10(12-15-16-17-18(12)2)14-13(21)20-7-5-19(6-8-20)11-4-3-9-22-11/h3-4,9-10H,5-8H2,1-2H3,(H,14,21). The maximum atomic E-state index is 12.3. The lowest BCUT2D eigenvalue weighted by Crippen LogP contribution is -2.52. The van der Waals surface area contributed by atoms with E-state index >= 15 is 0 Å². The van der Waals surface area contributed by atoms with E-state index < -0.39 is 0 Å². The van der Waals surface area contributed by atoms with Crippen molar-refractivity contribution in [2.45, 2.75) is 13.0 Å². The van der Waals surface area contributed by atoms with Gasteiger partial charge in [-0.3, -0.25) is 0 Å². The van der Waals surface area contributed by atoms with E-state index in [1.165, 1.54) is 5.00 Å². The van der Waals surface area contributed by atoms with Gasteiger partial charge in [-0.05, 0) is 34.9 Å². The van der Waals surface area contributed by atoms with Crippen molar-refractivity contribution in [1.29, 1.82) is 0 Å². The number of anilines is 1. The van der Waals surface area contributed by atoms with Crippen LogP contribution in [0.1, 0.15) is 18.8 Å². The number of piperazine rings is 1. The number of rotatable bonds is 3. The van der Waals surface area contributed by atoms with Gasteiger partial charge in [0.25, 0.3) is 0 Å². The van der Waals surface area contributed by atoms with Gasteiger partial charge in [-0.1, -0.05) is 0 Å². The molecule has 1 unspecified atom stereocenters. The third-order valence-electron chi connectivity index (χ3n) is 3.76. The normalized spacial score (nSPS) is 16.6. The van der Waals surface area contributed by atoms with Crippen molar-refractivity contribution in [3.63, 3.8) is 0 Å². The number of thiophene rings is 1. The SMILES string of the molecule is CC(NC(=O)N1CCN(c2cccs2)CC1)c1nnnn1C. The smallest absolute Gasteiger partial charge is 0.318 e. The first-order valence-electron chi connectivity index (χ1n) is 7.21. The number of nitrogens with zero attached hydrogens (tertiary/aromatic N) is 6. The summed E-state index contributed by atoms with van der Waals surface area (Å²) < 4.78 is 1.57. The number of aryl methyl sites for hydroxylation is 1. The fourth-order valence-corrected chi connectivity index (χ4v) is 3.31. The van der Waals surface area contributed by atoms with Crippen molar-refractivity contribution in [1.82, 2.24) is 30.4 Å². The summed E-state index contributed by atoms with van der Waals surface area (Å²) in [5, 5.41) is 17.6. The third kappa shape index (κ3) is 3.03. The van der Waals surface area contributed by atoms with E-state index in [2.05, 4.69) is 43.3 Å². The number of hydrogen-bond donors (Lipinski definition) is 1. The maximum absolute atomic E-state index is 12.3. The second-order valence-corrected chi connectivity index (χ2v) is 6.18. The largest absolute Gasteiger partial charge is 0.360 e. The number of aromatic nitrogens is 4. The lowest BCUT2D eigenvalue weighted by atomic mass is 10.3. The Labute approximate surface area is 132 Å². The summed E-state index contributed by atoms with van der Waals surface area (Å²) in [6, 6.07) is 3.88. The van der Waals surface area contributed by atoms with Gasteiger partial charge in [-0.2, -0.15) is 0 Å². The van der Waals surface area contributed by atoms with Crippen LogP contribution in [-0.2, 0) is 7.05 Å². The Hall–Kier alpha value is -2.16. The Morgan fingerprint density at radius 2 is 2.14 bits per heavy atom. The van der Waals surface area contributed by atoms with E-state index in [0.717, 1.165) is 13.1 Å². The van der Waals surface area contributed by atoms with Crippen LogP contribution in [-0.4, -0.2) is 57.3 Å². The fourth-order valence-electron chi connectivity index (χ4n) is 2.52. The van der Waals surface area contributed by atoms with Crippen LogP contribution in [0.15, 0.2) is 17.5 Å². The molecule has 0 spiro atoms. The molecule has 2 aromatic rings. The molecule has 1 fully saturated rings. The Morgan fingerprint density at radius 3 is 2.73 bits per heavy atom. The predicted octanol–water partition coefficient (Wildman–Crippen LogP) is 0.864. The van der Waals surface area contributed by atoms with Gasteiger partial charge in [0.2, 0.25) is 0 Å². The third-order valence-corrected chi connectivity index (χ3v) is 4.69. The summed E-state index contributed by atoms with van der Waals surface area (Å²) in [7, 11) is 1.76. The average Bonchev–Trinajstić information content (AvgIpc) is 3.18. The Balaban J connectivity index is 1.53. The molecule has 8 nitrogen and oxygen atoms in total. The van der Waals surface area contributed by atoms with E-state index in [9.17, 15) is 4.79 Å². The Bertz CT molecular complexity index is 618. The number of hydrogen-bond acceptors (Lipinski definition) is 6. The lowest BCUT2D eigenvalue weighted by Gasteiger charge is -2.35. The van der Waals surface area contributed by atoms with Crippen LogP contribution < -0.4 is 10.2 Å². The molecular weight excluding hydrogens is 302 g/mol. The first-order chi connectivity index (χ1) is 10.6. The van der Waals surface area contributed by atoms with Gasteiger partial charge in [0, 0.05) is 33.2 Å². The molecule has 1 saturated heterocycles. The van der Waals surface area contributed by atoms with Gasteiger partial charge >= 0.3 is 6.03 Å². The maximum Gasteiger partial charge on any atom is 0.318 e. The monoisotopic (exact) mass is 321 g/mol. The summed E-state index contributed by atoms with van der Waals surface area (Å²) in [6.45, 7) is 5.02. The van der Waals surface area contributed by atoms with E-state index in [1.54, 1.807) is 23.1 Å². The molecule has 1 N–H and O–H groups in total. The minimum Gasteiger partial charge on any atom is -0.360 e. The minimum atomic E-state index is -0.220. The Kier molecular flexibility index (Phi) is 4.23. The van der Waals surface area contributed by atoms with E-state index in [-0.39, 0.29) is 12.1 Å². The minimum absolute atomic E-state index is 0.0682. The number of amides is 2. The highest BCUT2D eigenvalue weighted by Crippen LogP contribution is 2.22. The fraction of sp³-hybridized carbons (Fsp3) is 0.538. The molecule has 0 bridgehead atoms. The molecule has 3 heterocycles. The van der Waals surface area contributed by atoms with Crippen molar-refractivity contribution in [2.24, 2.45) is 7.05 Å². The van der Waals surface area contributed by atoms with Crippen molar-refractivity contribution in [2.75, 3.05) is 31.1 Å². The molecule has 1 atom stereocenters. The van der Waals surface area contributed by atoms with Crippen molar-refractivity contribution in [3.05, 3.63) is 23.3 Å². The van der Waals surface area contributed by atoms with Crippen molar-refractivity contribution in [3.8, 4) is 0 Å². The van der Waals surface area contributed by atoms with E-state index in [4.69, 9.17) is 0 Å². The van der Waals surface area contributed by atoms with Gasteiger partial charge in [0.1, 0.15) is 0 Å². The zero-order chi connectivity index (χ0) is 15.5. The van der Waals surface area contributed by atoms with Gasteiger partial charge in [-0.15, -0.1) is 16.4 Å². The molecule has 9 heteroatoms. The van der Waals surface area contributed by atoms with Crippen LogP contribution in [0.25, 0.3) is 0 Å². The number of tetrazole rings is 1. The highest BCUT2D eigenvalue weighted by molar-refractivity contribution is 7.14. The van der Waals surface area contributed by atoms with Crippen LogP contribution in [0.5, 0.6) is 0 Å². The van der Waals surface area contributed by atoms with Crippen LogP contribution in [0.3, 0.4) is 0 Å². The molecule has 2 aromatic heterocycles. The summed E-state index contributed by atoms with van der Waals surface area (Å²) in [5.74, 6) is 0.644. The molecule has 0 saturated carbocycles. The molecular formula is C13H19N7OS. The summed E-state index contributed by atoms with van der Waals surface area (Å²) in [4.78, 5) is 16.5. The van der Waals surface area contributed by atoms with E-state index in [0.29, 0.717) is 18.9 Å². The second kappa shape index (κ2) is 6.30. The first-order valence-corrected chi connectivity index (χ1v) is 8.09. The zero-order valence-corrected chi connectivity index (χ0v) is 13.5. The van der Waals surface area contributed by atoms with Gasteiger partial charge in [0.05, 0.1) is 11.0 Å². The quantitative estimate of drug-likeness (QED) is 0.907. The highest BCUT2D eigenvalue weighted by Gasteiger charge is 2.24. The van der Waals surface area contributed by atoms with Gasteiger partial charge in [-0.25, -0.2) is 9.48 Å². The van der Waals surface area contributed by atoms with Crippen LogP contribution in [0.4, 0.5) is 9.80 Å². The second-order valence-electron chi connectivity index (χ2n) is 5.26.